The van der Waals surface area contributed by atoms with Gasteiger partial charge in [-0.1, -0.05) is 0 Å². The average Bonchev–Trinajstić information content (AvgIpc) is 2.70. The Morgan fingerprint density at radius 2 is 2.21 bits per heavy atom. The third-order valence-corrected chi connectivity index (χ3v) is 4.00. The Bertz CT molecular complexity index is 462. The molecular formula is C13H23N5O. The lowest BCUT2D eigenvalue weighted by atomic mass is 9.89. The first-order chi connectivity index (χ1) is 8.94. The summed E-state index contributed by atoms with van der Waals surface area (Å²) in [5.74, 6) is 1.80. The van der Waals surface area contributed by atoms with Crippen LogP contribution < -0.4 is 5.32 Å². The second kappa shape index (κ2) is 5.28. The van der Waals surface area contributed by atoms with E-state index in [2.05, 4.69) is 15.5 Å². The molecular weight excluding hydrogens is 242 g/mol. The van der Waals surface area contributed by atoms with E-state index in [1.54, 1.807) is 4.90 Å². The average molecular weight is 265 g/mol. The Morgan fingerprint density at radius 3 is 2.74 bits per heavy atom. The van der Waals surface area contributed by atoms with Crippen molar-refractivity contribution in [3.8, 4) is 0 Å². The fraction of sp³-hybridized carbons (Fsp3) is 0.769. The molecule has 0 radical (unpaired) electrons. The van der Waals surface area contributed by atoms with E-state index < -0.39 is 5.54 Å². The number of piperidine rings is 1. The molecule has 1 aromatic rings. The van der Waals surface area contributed by atoms with Crippen molar-refractivity contribution in [1.82, 2.24) is 25.0 Å². The maximum absolute atomic E-state index is 12.5. The van der Waals surface area contributed by atoms with Crippen LogP contribution in [0.25, 0.3) is 0 Å². The second-order valence-corrected chi connectivity index (χ2v) is 5.60. The molecule has 1 amide bonds. The molecule has 19 heavy (non-hydrogen) atoms. The predicted molar refractivity (Wildman–Crippen MR) is 72.5 cm³/mol. The lowest BCUT2D eigenvalue weighted by molar-refractivity contribution is -0.138. The van der Waals surface area contributed by atoms with E-state index in [0.29, 0.717) is 6.54 Å². The van der Waals surface area contributed by atoms with E-state index in [4.69, 9.17) is 0 Å². The summed E-state index contributed by atoms with van der Waals surface area (Å²) >= 11 is 0. The number of likely N-dealkylation sites (N-methyl/N-ethyl adjacent to an activating group) is 1. The van der Waals surface area contributed by atoms with Crippen molar-refractivity contribution in [3.05, 3.63) is 11.6 Å². The second-order valence-electron chi connectivity index (χ2n) is 5.60. The molecule has 0 saturated carbocycles. The van der Waals surface area contributed by atoms with Gasteiger partial charge in [-0.05, 0) is 39.7 Å². The first-order valence-corrected chi connectivity index (χ1v) is 6.79. The fourth-order valence-electron chi connectivity index (χ4n) is 2.53. The van der Waals surface area contributed by atoms with Crippen LogP contribution in [0.5, 0.6) is 0 Å². The van der Waals surface area contributed by atoms with Gasteiger partial charge in [0.2, 0.25) is 5.91 Å². The van der Waals surface area contributed by atoms with Crippen LogP contribution in [0.2, 0.25) is 0 Å². The molecule has 1 unspecified atom stereocenters. The van der Waals surface area contributed by atoms with Gasteiger partial charge in [-0.3, -0.25) is 4.79 Å². The molecule has 106 valence electrons. The van der Waals surface area contributed by atoms with Crippen LogP contribution in [0, 0.1) is 6.92 Å². The molecule has 0 aliphatic carbocycles. The van der Waals surface area contributed by atoms with Gasteiger partial charge < -0.3 is 14.8 Å². The maximum atomic E-state index is 12.5. The quantitative estimate of drug-likeness (QED) is 0.870. The van der Waals surface area contributed by atoms with Crippen molar-refractivity contribution < 1.29 is 4.79 Å². The normalized spacial score (nSPS) is 23.4. The summed E-state index contributed by atoms with van der Waals surface area (Å²) in [6.45, 7) is 5.31. The maximum Gasteiger partial charge on any atom is 0.242 e. The Kier molecular flexibility index (Phi) is 3.89. The molecule has 2 heterocycles. The molecule has 0 spiro atoms. The number of rotatable bonds is 3. The fourth-order valence-corrected chi connectivity index (χ4v) is 2.53. The number of carbonyl (C=O) groups excluding carboxylic acids is 1. The zero-order chi connectivity index (χ0) is 14.0. The van der Waals surface area contributed by atoms with Crippen LogP contribution in [0.3, 0.4) is 0 Å². The number of nitrogens with zero attached hydrogens (tertiary/aromatic N) is 4. The minimum absolute atomic E-state index is 0.132. The van der Waals surface area contributed by atoms with Crippen molar-refractivity contribution in [3.63, 3.8) is 0 Å². The standard InChI is InChI=1S/C13H23N5O/c1-10-15-16-11(18(10)4)9-17(3)12(19)13(2)7-5-6-8-14-13/h14H,5-9H2,1-4H3. The number of aromatic nitrogens is 3. The third kappa shape index (κ3) is 2.78. The SMILES string of the molecule is Cc1nnc(CN(C)C(=O)C2(C)CCCCN2)n1C. The summed E-state index contributed by atoms with van der Waals surface area (Å²) in [7, 11) is 3.75. The lowest BCUT2D eigenvalue weighted by Crippen LogP contribution is -2.57. The first-order valence-electron chi connectivity index (χ1n) is 6.79. The van der Waals surface area contributed by atoms with Crippen molar-refractivity contribution in [2.24, 2.45) is 7.05 Å². The Labute approximate surface area is 114 Å². The summed E-state index contributed by atoms with van der Waals surface area (Å²) in [4.78, 5) is 14.3. The molecule has 6 heteroatoms. The van der Waals surface area contributed by atoms with E-state index in [1.165, 1.54) is 0 Å². The van der Waals surface area contributed by atoms with E-state index in [0.717, 1.165) is 37.5 Å². The van der Waals surface area contributed by atoms with Crippen LogP contribution in [0.4, 0.5) is 0 Å². The van der Waals surface area contributed by atoms with Crippen molar-refractivity contribution in [2.75, 3.05) is 13.6 Å². The number of nitrogens with one attached hydrogen (secondary N) is 1. The van der Waals surface area contributed by atoms with Gasteiger partial charge >= 0.3 is 0 Å². The third-order valence-electron chi connectivity index (χ3n) is 4.00. The summed E-state index contributed by atoms with van der Waals surface area (Å²) < 4.78 is 1.92. The molecule has 0 aromatic carbocycles. The van der Waals surface area contributed by atoms with Gasteiger partial charge in [0.1, 0.15) is 5.82 Å². The highest BCUT2D eigenvalue weighted by molar-refractivity contribution is 5.85. The van der Waals surface area contributed by atoms with E-state index in [1.807, 2.05) is 32.5 Å². The number of hydrogen-bond donors (Lipinski definition) is 1. The smallest absolute Gasteiger partial charge is 0.242 e. The Balaban J connectivity index is 2.05. The first kappa shape index (κ1) is 14.0. The molecule has 1 N–H and O–H groups in total. The summed E-state index contributed by atoms with van der Waals surface area (Å²) in [6.07, 6.45) is 3.15. The molecule has 1 atom stereocenters. The Hall–Kier alpha value is -1.43. The predicted octanol–water partition coefficient (Wildman–Crippen LogP) is 0.614. The van der Waals surface area contributed by atoms with E-state index in [9.17, 15) is 4.79 Å². The number of amides is 1. The molecule has 1 aliphatic rings. The molecule has 1 aliphatic heterocycles. The molecule has 1 aromatic heterocycles. The molecule has 1 fully saturated rings. The minimum Gasteiger partial charge on any atom is -0.337 e. The lowest BCUT2D eigenvalue weighted by Gasteiger charge is -2.36. The van der Waals surface area contributed by atoms with Crippen LogP contribution in [-0.2, 0) is 18.4 Å². The Morgan fingerprint density at radius 1 is 1.47 bits per heavy atom. The van der Waals surface area contributed by atoms with Crippen LogP contribution >= 0.6 is 0 Å². The summed E-state index contributed by atoms with van der Waals surface area (Å²) in [5, 5.41) is 11.5. The number of carbonyl (C=O) groups is 1. The number of hydrogen-bond acceptors (Lipinski definition) is 4. The highest BCUT2D eigenvalue weighted by Gasteiger charge is 2.36. The van der Waals surface area contributed by atoms with Gasteiger partial charge in [0.05, 0.1) is 12.1 Å². The van der Waals surface area contributed by atoms with Gasteiger partial charge in [0.15, 0.2) is 5.82 Å². The molecule has 0 bridgehead atoms. The van der Waals surface area contributed by atoms with Gasteiger partial charge in [0, 0.05) is 14.1 Å². The monoisotopic (exact) mass is 265 g/mol. The van der Waals surface area contributed by atoms with Gasteiger partial charge in [-0.2, -0.15) is 0 Å². The molecule has 1 saturated heterocycles. The minimum atomic E-state index is -0.430. The number of aryl methyl sites for hydroxylation is 1. The molecule has 2 rings (SSSR count). The van der Waals surface area contributed by atoms with Gasteiger partial charge in [-0.15, -0.1) is 10.2 Å². The largest absolute Gasteiger partial charge is 0.337 e. The van der Waals surface area contributed by atoms with E-state index >= 15 is 0 Å². The van der Waals surface area contributed by atoms with Crippen LogP contribution in [0.15, 0.2) is 0 Å². The van der Waals surface area contributed by atoms with Crippen LogP contribution in [-0.4, -0.2) is 44.7 Å². The topological polar surface area (TPSA) is 63.1 Å². The zero-order valence-corrected chi connectivity index (χ0v) is 12.2. The van der Waals surface area contributed by atoms with Crippen molar-refractivity contribution >= 4 is 5.91 Å². The molecule has 6 nitrogen and oxygen atoms in total. The van der Waals surface area contributed by atoms with Gasteiger partial charge in [-0.25, -0.2) is 0 Å². The highest BCUT2D eigenvalue weighted by Crippen LogP contribution is 2.21. The van der Waals surface area contributed by atoms with Crippen molar-refractivity contribution in [1.29, 1.82) is 0 Å². The summed E-state index contributed by atoms with van der Waals surface area (Å²) in [6, 6.07) is 0. The highest BCUT2D eigenvalue weighted by atomic mass is 16.2. The van der Waals surface area contributed by atoms with Crippen molar-refractivity contribution in [2.45, 2.75) is 45.2 Å². The van der Waals surface area contributed by atoms with Crippen LogP contribution in [0.1, 0.15) is 37.8 Å². The summed E-state index contributed by atoms with van der Waals surface area (Å²) in [5.41, 5.74) is -0.430. The van der Waals surface area contributed by atoms with Gasteiger partial charge in [0.25, 0.3) is 0 Å². The van der Waals surface area contributed by atoms with E-state index in [-0.39, 0.29) is 5.91 Å². The zero-order valence-electron chi connectivity index (χ0n) is 12.2.